The summed E-state index contributed by atoms with van der Waals surface area (Å²) in [5.74, 6) is -0.587. The molecular weight excluding hydrogens is 240 g/mol. The number of hydrogen-bond acceptors (Lipinski definition) is 6. The van der Waals surface area contributed by atoms with Crippen LogP contribution in [0.2, 0.25) is 0 Å². The standard InChI is InChI=1S/C11H15N2O5/c1-2-6-4-13(11(17)12-10(6)16)9-3-7(15)8(5-14)18-9/h2,4,7-9,14-15H,3,5H2,1H3,(H,12,16,17)/q-1/p-1/t7-,8+,9-/m0/s1. The Kier molecular flexibility index (Phi) is 3.55. The summed E-state index contributed by atoms with van der Waals surface area (Å²) in [5.41, 5.74) is -0.429. The van der Waals surface area contributed by atoms with Gasteiger partial charge >= 0.3 is 5.69 Å². The molecule has 7 nitrogen and oxygen atoms in total. The van der Waals surface area contributed by atoms with Crippen LogP contribution >= 0.6 is 0 Å². The van der Waals surface area contributed by atoms with Crippen LogP contribution < -0.4 is 10.8 Å². The maximum absolute atomic E-state index is 11.6. The topological polar surface area (TPSA) is 108 Å². The van der Waals surface area contributed by atoms with E-state index in [1.807, 2.05) is 0 Å². The maximum atomic E-state index is 11.6. The normalized spacial score (nSPS) is 27.4. The average Bonchev–Trinajstić information content (AvgIpc) is 2.70. The van der Waals surface area contributed by atoms with Gasteiger partial charge in [-0.15, -0.1) is 5.88 Å². The second-order valence-corrected chi connectivity index (χ2v) is 4.09. The smallest absolute Gasteiger partial charge is 0.325 e. The van der Waals surface area contributed by atoms with Gasteiger partial charge in [-0.3, -0.25) is 4.98 Å². The van der Waals surface area contributed by atoms with Crippen molar-refractivity contribution >= 4 is 0 Å². The zero-order chi connectivity index (χ0) is 13.3. The summed E-state index contributed by atoms with van der Waals surface area (Å²) in [6.07, 6.45) is 0.801. The van der Waals surface area contributed by atoms with Gasteiger partial charge in [-0.2, -0.15) is 12.0 Å². The van der Waals surface area contributed by atoms with Gasteiger partial charge in [0.2, 0.25) is 0 Å². The van der Waals surface area contributed by atoms with E-state index in [1.165, 1.54) is 6.20 Å². The Labute approximate surface area is 103 Å². The molecule has 0 aromatic carbocycles. The zero-order valence-corrected chi connectivity index (χ0v) is 9.81. The molecule has 1 fully saturated rings. The Balaban J connectivity index is 2.32. The van der Waals surface area contributed by atoms with Crippen LogP contribution in [-0.2, 0) is 4.74 Å². The zero-order valence-electron chi connectivity index (χ0n) is 9.81. The van der Waals surface area contributed by atoms with Gasteiger partial charge in [-0.05, 0) is 0 Å². The van der Waals surface area contributed by atoms with Crippen LogP contribution in [0, 0.1) is 6.42 Å². The average molecular weight is 254 g/mol. The molecule has 1 saturated heterocycles. The predicted octanol–water partition coefficient (Wildman–Crippen LogP) is -1.47. The van der Waals surface area contributed by atoms with E-state index in [1.54, 1.807) is 13.3 Å². The molecule has 0 aliphatic carbocycles. The van der Waals surface area contributed by atoms with E-state index in [0.717, 1.165) is 4.57 Å². The minimum absolute atomic E-state index is 0.175. The van der Waals surface area contributed by atoms with Crippen molar-refractivity contribution in [2.45, 2.75) is 31.8 Å². The summed E-state index contributed by atoms with van der Waals surface area (Å²) < 4.78 is 6.50. The quantitative estimate of drug-likeness (QED) is 0.638. The van der Waals surface area contributed by atoms with Crippen LogP contribution in [-0.4, -0.2) is 38.6 Å². The number of aliphatic hydroxyl groups is 2. The highest BCUT2D eigenvalue weighted by Crippen LogP contribution is 2.27. The highest BCUT2D eigenvalue weighted by atomic mass is 16.5. The lowest BCUT2D eigenvalue weighted by Crippen LogP contribution is -2.29. The molecule has 2 rings (SSSR count). The van der Waals surface area contributed by atoms with Gasteiger partial charge in [0.15, 0.2) is 0 Å². The lowest BCUT2D eigenvalue weighted by molar-refractivity contribution is -0.276. The van der Waals surface area contributed by atoms with Crippen LogP contribution in [0.5, 0.6) is 5.88 Å². The minimum Gasteiger partial charge on any atom is -0.914 e. The molecule has 0 saturated carbocycles. The Hall–Kier alpha value is -1.57. The van der Waals surface area contributed by atoms with E-state index in [9.17, 15) is 15.0 Å². The van der Waals surface area contributed by atoms with Crippen molar-refractivity contribution in [3.8, 4) is 5.88 Å². The molecule has 3 atom stereocenters. The van der Waals surface area contributed by atoms with Crippen LogP contribution in [0.25, 0.3) is 0 Å². The van der Waals surface area contributed by atoms with Gasteiger partial charge in [0.25, 0.3) is 0 Å². The SMILES string of the molecule is C[CH-]c1cn([C@@H]2C[C@H](O)[C@@H](CO)O2)c(=O)nc1[O-]. The van der Waals surface area contributed by atoms with E-state index >= 15 is 0 Å². The number of aliphatic hydroxyl groups excluding tert-OH is 2. The number of nitrogens with zero attached hydrogens (tertiary/aromatic N) is 2. The van der Waals surface area contributed by atoms with E-state index in [-0.39, 0.29) is 13.0 Å². The maximum Gasteiger partial charge on any atom is 0.325 e. The summed E-state index contributed by atoms with van der Waals surface area (Å²) in [7, 11) is 0. The van der Waals surface area contributed by atoms with E-state index in [2.05, 4.69) is 4.98 Å². The van der Waals surface area contributed by atoms with Crippen molar-refractivity contribution in [1.82, 2.24) is 9.55 Å². The number of rotatable bonds is 3. The number of ether oxygens (including phenoxy) is 1. The van der Waals surface area contributed by atoms with Crippen LogP contribution in [0.3, 0.4) is 0 Å². The molecule has 2 N–H and O–H groups in total. The van der Waals surface area contributed by atoms with Gasteiger partial charge in [-0.1, -0.05) is 13.1 Å². The molecule has 1 aliphatic rings. The second-order valence-electron chi connectivity index (χ2n) is 4.09. The third-order valence-corrected chi connectivity index (χ3v) is 2.95. The van der Waals surface area contributed by atoms with Crippen molar-refractivity contribution in [3.05, 3.63) is 28.7 Å². The van der Waals surface area contributed by atoms with Crippen molar-refractivity contribution in [3.63, 3.8) is 0 Å². The first kappa shape index (κ1) is 12.9. The molecule has 0 bridgehead atoms. The lowest BCUT2D eigenvalue weighted by Gasteiger charge is -2.24. The second kappa shape index (κ2) is 4.97. The van der Waals surface area contributed by atoms with Crippen molar-refractivity contribution in [1.29, 1.82) is 0 Å². The molecule has 1 aromatic heterocycles. The van der Waals surface area contributed by atoms with Crippen molar-refractivity contribution in [2.75, 3.05) is 6.61 Å². The fourth-order valence-corrected chi connectivity index (χ4v) is 1.92. The molecule has 7 heteroatoms. The Bertz CT molecular complexity index is 487. The van der Waals surface area contributed by atoms with Gasteiger partial charge in [0.05, 0.1) is 12.7 Å². The molecule has 0 unspecified atom stereocenters. The summed E-state index contributed by atoms with van der Waals surface area (Å²) >= 11 is 0. The molecule has 1 aromatic rings. The monoisotopic (exact) mass is 254 g/mol. The first-order valence-electron chi connectivity index (χ1n) is 5.60. The summed E-state index contributed by atoms with van der Waals surface area (Å²) in [6.45, 7) is 1.33. The third kappa shape index (κ3) is 2.20. The van der Waals surface area contributed by atoms with Crippen LogP contribution in [0.1, 0.15) is 25.1 Å². The predicted molar refractivity (Wildman–Crippen MR) is 58.6 cm³/mol. The Morgan fingerprint density at radius 2 is 2.44 bits per heavy atom. The van der Waals surface area contributed by atoms with Crippen molar-refractivity contribution < 1.29 is 20.1 Å². The van der Waals surface area contributed by atoms with Crippen LogP contribution in [0.4, 0.5) is 0 Å². The van der Waals surface area contributed by atoms with Gasteiger partial charge in [-0.25, -0.2) is 4.79 Å². The van der Waals surface area contributed by atoms with Gasteiger partial charge in [0, 0.05) is 6.42 Å². The largest absolute Gasteiger partial charge is 0.914 e. The number of aromatic nitrogens is 2. The molecule has 2 heterocycles. The first-order chi connectivity index (χ1) is 8.56. The highest BCUT2D eigenvalue weighted by molar-refractivity contribution is 5.26. The third-order valence-electron chi connectivity index (χ3n) is 2.95. The van der Waals surface area contributed by atoms with Gasteiger partial charge < -0.3 is 24.6 Å². The van der Waals surface area contributed by atoms with E-state index < -0.39 is 30.0 Å². The lowest BCUT2D eigenvalue weighted by atomic mass is 10.2. The van der Waals surface area contributed by atoms with E-state index in [0.29, 0.717) is 5.56 Å². The molecule has 100 valence electrons. The summed E-state index contributed by atoms with van der Waals surface area (Å²) in [4.78, 5) is 15.0. The fraction of sp³-hybridized carbons (Fsp3) is 0.545. The van der Waals surface area contributed by atoms with E-state index in [4.69, 9.17) is 9.84 Å². The van der Waals surface area contributed by atoms with Crippen LogP contribution in [0.15, 0.2) is 11.0 Å². The molecule has 0 spiro atoms. The molecule has 18 heavy (non-hydrogen) atoms. The fourth-order valence-electron chi connectivity index (χ4n) is 1.92. The summed E-state index contributed by atoms with van der Waals surface area (Å²) in [6, 6.07) is 0. The van der Waals surface area contributed by atoms with Gasteiger partial charge in [0.1, 0.15) is 12.3 Å². The Morgan fingerprint density at radius 1 is 1.72 bits per heavy atom. The molecule has 0 radical (unpaired) electrons. The van der Waals surface area contributed by atoms with Crippen molar-refractivity contribution in [2.24, 2.45) is 0 Å². The minimum atomic E-state index is -0.840. The molecule has 0 amide bonds. The first-order valence-corrected chi connectivity index (χ1v) is 5.60. The highest BCUT2D eigenvalue weighted by Gasteiger charge is 2.34. The number of hydrogen-bond donors (Lipinski definition) is 2. The summed E-state index contributed by atoms with van der Waals surface area (Å²) in [5, 5.41) is 29.9. The molecular formula is C11H14N2O5-2. The Morgan fingerprint density at radius 3 is 3.00 bits per heavy atom. The molecule has 1 aliphatic heterocycles.